The van der Waals surface area contributed by atoms with Gasteiger partial charge in [0.15, 0.2) is 12.6 Å². The molecule has 0 unspecified atom stereocenters. The number of aliphatic hydroxyl groups is 9. The van der Waals surface area contributed by atoms with E-state index in [0.717, 1.165) is 38.5 Å². The zero-order chi connectivity index (χ0) is 40.6. The Morgan fingerprint density at radius 3 is 1.95 bits per heavy atom. The van der Waals surface area contributed by atoms with Crippen molar-refractivity contribution in [3.63, 3.8) is 0 Å². The summed E-state index contributed by atoms with van der Waals surface area (Å²) in [7, 11) is 0. The summed E-state index contributed by atoms with van der Waals surface area (Å²) in [4.78, 5) is 0. The van der Waals surface area contributed by atoms with Crippen LogP contribution in [0.1, 0.15) is 113 Å². The van der Waals surface area contributed by atoms with Gasteiger partial charge in [-0.05, 0) is 124 Å². The summed E-state index contributed by atoms with van der Waals surface area (Å²) in [6, 6.07) is 0. The van der Waals surface area contributed by atoms with Gasteiger partial charge < -0.3 is 64.9 Å². The maximum Gasteiger partial charge on any atom is 0.187 e. The summed E-state index contributed by atoms with van der Waals surface area (Å²) in [5, 5.41) is 97.4. The average Bonchev–Trinajstić information content (AvgIpc) is 3.50. The van der Waals surface area contributed by atoms with Crippen LogP contribution in [-0.2, 0) is 18.9 Å². The molecule has 2 heterocycles. The Morgan fingerprint density at radius 2 is 1.33 bits per heavy atom. The van der Waals surface area contributed by atoms with Crippen molar-refractivity contribution in [2.24, 2.45) is 45.3 Å². The number of ether oxygens (including phenoxy) is 4. The second-order valence-corrected chi connectivity index (χ2v) is 20.1. The van der Waals surface area contributed by atoms with E-state index in [1.807, 2.05) is 6.92 Å². The summed E-state index contributed by atoms with van der Waals surface area (Å²) in [5.41, 5.74) is -0.405. The topological polar surface area (TPSA) is 219 Å². The minimum Gasteiger partial charge on any atom is -0.394 e. The highest BCUT2D eigenvalue weighted by Crippen LogP contribution is 2.76. The van der Waals surface area contributed by atoms with E-state index >= 15 is 0 Å². The lowest BCUT2D eigenvalue weighted by Gasteiger charge is -2.70. The average molecular weight is 785 g/mol. The Balaban J connectivity index is 1.23. The van der Waals surface area contributed by atoms with Crippen molar-refractivity contribution >= 4 is 0 Å². The van der Waals surface area contributed by atoms with Gasteiger partial charge in [-0.3, -0.25) is 0 Å². The van der Waals surface area contributed by atoms with Gasteiger partial charge in [-0.1, -0.05) is 46.3 Å². The van der Waals surface area contributed by atoms with Crippen LogP contribution in [0.5, 0.6) is 0 Å². The monoisotopic (exact) mass is 784 g/mol. The molecule has 0 aromatic heterocycles. The van der Waals surface area contributed by atoms with E-state index in [4.69, 9.17) is 18.9 Å². The maximum absolute atomic E-state index is 12.2. The van der Waals surface area contributed by atoms with Crippen LogP contribution >= 0.6 is 0 Å². The predicted octanol–water partition coefficient (Wildman–Crippen LogP) is 2.15. The number of allylic oxidation sites excluding steroid dienone is 2. The fourth-order valence-electron chi connectivity index (χ4n) is 13.3. The Morgan fingerprint density at radius 1 is 0.727 bits per heavy atom. The molecule has 6 fully saturated rings. The molecule has 0 spiro atoms. The lowest BCUT2D eigenvalue weighted by atomic mass is 9.35. The first-order chi connectivity index (χ1) is 25.6. The van der Waals surface area contributed by atoms with Gasteiger partial charge >= 0.3 is 0 Å². The smallest absolute Gasteiger partial charge is 0.187 e. The molecule has 2 saturated heterocycles. The lowest BCUT2D eigenvalue weighted by molar-refractivity contribution is -0.378. The van der Waals surface area contributed by atoms with E-state index in [-0.39, 0.29) is 39.9 Å². The van der Waals surface area contributed by atoms with Crippen molar-refractivity contribution in [3.8, 4) is 0 Å². The molecule has 13 nitrogen and oxygen atoms in total. The Labute approximate surface area is 327 Å². The van der Waals surface area contributed by atoms with Gasteiger partial charge in [0.1, 0.15) is 48.8 Å². The van der Waals surface area contributed by atoms with Crippen LogP contribution in [0.25, 0.3) is 0 Å². The third-order valence-electron chi connectivity index (χ3n) is 16.6. The van der Waals surface area contributed by atoms with Gasteiger partial charge in [0.25, 0.3) is 0 Å². The van der Waals surface area contributed by atoms with E-state index < -0.39 is 97.8 Å². The standard InChI is InChI=1S/C42H72O13/c1-21(2)10-9-14-42(8,51)22-11-16-41(7)29(22)23(45)18-27-39(5)15-13-28(38(3,4)26(39)12-17-40(27,41)6)54-37-35(33(49)31(47)25(20-44)53-37)55-36-34(50)32(48)30(46)24(19-43)52-36/h10,22-37,43-51H,9,11-20H2,1-8H3/t22-,23-,24-,25+,26+,27+,28-,29-,30-,31+,32+,33-,34+,35+,36+,37-,39-,40-,41+,42-/m1/s1. The van der Waals surface area contributed by atoms with Gasteiger partial charge in [0, 0.05) is 0 Å². The SMILES string of the molecule is CC(C)=CCC[C@@](C)(O)[C@@H]1CC[C@@]2(C)[C@H]1[C@H](O)C[C@H]1[C@]3(C)CC[C@@H](O[C@H]4O[C@@H](CO)[C@H](O)[C@@H](O)[C@@H]4O[C@@H]4O[C@H](CO)[C@@H](O)[C@H](O)[C@@H]4O)C(C)(C)[C@@H]3CC[C@]12C. The molecule has 0 aromatic carbocycles. The lowest BCUT2D eigenvalue weighted by Crippen LogP contribution is -2.68. The summed E-state index contributed by atoms with van der Waals surface area (Å²) in [6.45, 7) is 16.5. The molecule has 13 heteroatoms. The van der Waals surface area contributed by atoms with Crippen molar-refractivity contribution in [2.45, 2.75) is 192 Å². The Bertz CT molecular complexity index is 1370. The molecule has 9 N–H and O–H groups in total. The normalized spacial score (nSPS) is 52.0. The predicted molar refractivity (Wildman–Crippen MR) is 201 cm³/mol. The van der Waals surface area contributed by atoms with Crippen molar-refractivity contribution in [2.75, 3.05) is 13.2 Å². The number of hydrogen-bond donors (Lipinski definition) is 9. The van der Waals surface area contributed by atoms with Crippen LogP contribution in [0.15, 0.2) is 11.6 Å². The molecule has 6 rings (SSSR count). The molecular weight excluding hydrogens is 712 g/mol. The van der Waals surface area contributed by atoms with E-state index in [9.17, 15) is 46.0 Å². The first kappa shape index (κ1) is 43.8. The van der Waals surface area contributed by atoms with Gasteiger partial charge in [-0.2, -0.15) is 0 Å². The minimum absolute atomic E-state index is 0.00798. The third-order valence-corrected chi connectivity index (χ3v) is 16.6. The Hall–Kier alpha value is -0.780. The highest BCUT2D eigenvalue weighted by Gasteiger charge is 2.71. The van der Waals surface area contributed by atoms with Crippen LogP contribution in [0.4, 0.5) is 0 Å². The van der Waals surface area contributed by atoms with Gasteiger partial charge in [-0.25, -0.2) is 0 Å². The molecule has 2 aliphatic heterocycles. The van der Waals surface area contributed by atoms with E-state index in [1.165, 1.54) is 5.57 Å². The second kappa shape index (κ2) is 15.7. The minimum atomic E-state index is -1.75. The molecule has 6 aliphatic rings. The molecular formula is C42H72O13. The fraction of sp³-hybridized carbons (Fsp3) is 0.952. The quantitative estimate of drug-likeness (QED) is 0.115. The first-order valence-electron chi connectivity index (χ1n) is 20.9. The molecule has 4 aliphatic carbocycles. The maximum atomic E-state index is 12.2. The van der Waals surface area contributed by atoms with Crippen molar-refractivity contribution in [1.82, 2.24) is 0 Å². The molecule has 0 amide bonds. The molecule has 4 saturated carbocycles. The van der Waals surface area contributed by atoms with E-state index in [0.29, 0.717) is 19.3 Å². The summed E-state index contributed by atoms with van der Waals surface area (Å²) in [6.07, 6.45) is -6.48. The third kappa shape index (κ3) is 7.20. The van der Waals surface area contributed by atoms with Gasteiger partial charge in [0.05, 0.1) is 31.0 Å². The highest BCUT2D eigenvalue weighted by molar-refractivity contribution is 5.20. The van der Waals surface area contributed by atoms with E-state index in [2.05, 4.69) is 54.5 Å². The summed E-state index contributed by atoms with van der Waals surface area (Å²) < 4.78 is 24.4. The second-order valence-electron chi connectivity index (χ2n) is 20.1. The van der Waals surface area contributed by atoms with Crippen LogP contribution in [0.2, 0.25) is 0 Å². The fourth-order valence-corrected chi connectivity index (χ4v) is 13.3. The first-order valence-corrected chi connectivity index (χ1v) is 20.9. The molecule has 55 heavy (non-hydrogen) atoms. The number of rotatable bonds is 10. The molecule has 0 aromatic rings. The molecule has 20 atom stereocenters. The highest BCUT2D eigenvalue weighted by atomic mass is 16.8. The van der Waals surface area contributed by atoms with Crippen molar-refractivity contribution < 1.29 is 64.9 Å². The molecule has 0 radical (unpaired) electrons. The zero-order valence-corrected chi connectivity index (χ0v) is 34.3. The van der Waals surface area contributed by atoms with Crippen molar-refractivity contribution in [3.05, 3.63) is 11.6 Å². The summed E-state index contributed by atoms with van der Waals surface area (Å²) in [5.74, 6) is 0.445. The van der Waals surface area contributed by atoms with Crippen LogP contribution in [0.3, 0.4) is 0 Å². The zero-order valence-electron chi connectivity index (χ0n) is 34.3. The Kier molecular flexibility index (Phi) is 12.5. The summed E-state index contributed by atoms with van der Waals surface area (Å²) >= 11 is 0. The number of aliphatic hydroxyl groups excluding tert-OH is 8. The molecule has 0 bridgehead atoms. The van der Waals surface area contributed by atoms with E-state index in [1.54, 1.807) is 0 Å². The number of fused-ring (bicyclic) bond motifs is 5. The van der Waals surface area contributed by atoms with Gasteiger partial charge in [0.2, 0.25) is 0 Å². The van der Waals surface area contributed by atoms with Gasteiger partial charge in [-0.15, -0.1) is 0 Å². The van der Waals surface area contributed by atoms with Crippen LogP contribution in [0, 0.1) is 45.3 Å². The largest absolute Gasteiger partial charge is 0.394 e. The van der Waals surface area contributed by atoms with Crippen LogP contribution < -0.4 is 0 Å². The molecule has 318 valence electrons. The number of hydrogen-bond acceptors (Lipinski definition) is 13. The van der Waals surface area contributed by atoms with Crippen LogP contribution in [-0.4, -0.2) is 138 Å². The van der Waals surface area contributed by atoms with Crippen molar-refractivity contribution in [1.29, 1.82) is 0 Å².